The van der Waals surface area contributed by atoms with Gasteiger partial charge in [-0.05, 0) is 32.1 Å². The molecule has 0 aromatic heterocycles. The zero-order chi connectivity index (χ0) is 9.52. The summed E-state index contributed by atoms with van der Waals surface area (Å²) in [5, 5.41) is 0. The van der Waals surface area contributed by atoms with Crippen molar-refractivity contribution in [3.63, 3.8) is 0 Å². The highest BCUT2D eigenvalue weighted by Gasteiger charge is 2.14. The number of rotatable bonds is 6. The Bertz CT molecular complexity index is 121. The van der Waals surface area contributed by atoms with E-state index < -0.39 is 0 Å². The number of hydrogen-bond acceptors (Lipinski definition) is 2. The van der Waals surface area contributed by atoms with Crippen LogP contribution >= 0.6 is 0 Å². The van der Waals surface area contributed by atoms with Crippen molar-refractivity contribution in [2.75, 3.05) is 6.61 Å². The van der Waals surface area contributed by atoms with E-state index in [9.17, 15) is 0 Å². The molecule has 0 aromatic carbocycles. The third kappa shape index (κ3) is 4.63. The van der Waals surface area contributed by atoms with Gasteiger partial charge in [0.15, 0.2) is 0 Å². The van der Waals surface area contributed by atoms with Crippen LogP contribution in [0.5, 0.6) is 0 Å². The van der Waals surface area contributed by atoms with Gasteiger partial charge in [-0.15, -0.1) is 0 Å². The van der Waals surface area contributed by atoms with Gasteiger partial charge < -0.3 is 10.5 Å². The molecule has 78 valence electrons. The fourth-order valence-corrected chi connectivity index (χ4v) is 1.85. The molecule has 0 saturated carbocycles. The first kappa shape index (κ1) is 11.0. The summed E-state index contributed by atoms with van der Waals surface area (Å²) in [7, 11) is 0. The summed E-state index contributed by atoms with van der Waals surface area (Å²) < 4.78 is 5.56. The van der Waals surface area contributed by atoms with Crippen LogP contribution in [0.3, 0.4) is 0 Å². The van der Waals surface area contributed by atoms with Crippen LogP contribution in [0.4, 0.5) is 0 Å². The third-order valence-electron chi connectivity index (χ3n) is 2.90. The molecule has 2 N–H and O–H groups in total. The van der Waals surface area contributed by atoms with Crippen LogP contribution in [0.15, 0.2) is 0 Å². The molecule has 0 bridgehead atoms. The quantitative estimate of drug-likeness (QED) is 0.645. The van der Waals surface area contributed by atoms with Crippen molar-refractivity contribution in [1.29, 1.82) is 0 Å². The van der Waals surface area contributed by atoms with E-state index in [2.05, 4.69) is 6.92 Å². The minimum atomic E-state index is 0.421. The molecule has 0 spiro atoms. The fourth-order valence-electron chi connectivity index (χ4n) is 1.85. The third-order valence-corrected chi connectivity index (χ3v) is 2.90. The van der Waals surface area contributed by atoms with Gasteiger partial charge in [0.25, 0.3) is 0 Å². The second-order valence-corrected chi connectivity index (χ2v) is 4.09. The lowest BCUT2D eigenvalue weighted by molar-refractivity contribution is 0.102. The van der Waals surface area contributed by atoms with Crippen molar-refractivity contribution in [3.05, 3.63) is 0 Å². The molecule has 13 heavy (non-hydrogen) atoms. The summed E-state index contributed by atoms with van der Waals surface area (Å²) in [4.78, 5) is 0. The van der Waals surface area contributed by atoms with Crippen LogP contribution in [-0.4, -0.2) is 18.8 Å². The fraction of sp³-hybridized carbons (Fsp3) is 1.00. The Morgan fingerprint density at radius 1 is 1.46 bits per heavy atom. The lowest BCUT2D eigenvalue weighted by atomic mass is 10.0. The SMILES string of the molecule is CCC(N)CCCCC1CCCO1. The molecule has 1 saturated heterocycles. The second-order valence-electron chi connectivity index (χ2n) is 4.09. The van der Waals surface area contributed by atoms with E-state index in [4.69, 9.17) is 10.5 Å². The monoisotopic (exact) mass is 185 g/mol. The van der Waals surface area contributed by atoms with Crippen LogP contribution in [0.2, 0.25) is 0 Å². The van der Waals surface area contributed by atoms with E-state index in [0.29, 0.717) is 12.1 Å². The standard InChI is InChI=1S/C11H23NO/c1-2-10(12)6-3-4-7-11-8-5-9-13-11/h10-11H,2-9,12H2,1H3. The van der Waals surface area contributed by atoms with Crippen LogP contribution in [0.1, 0.15) is 51.9 Å². The van der Waals surface area contributed by atoms with Crippen LogP contribution < -0.4 is 5.73 Å². The number of hydrogen-bond donors (Lipinski definition) is 1. The molecule has 0 amide bonds. The normalized spacial score (nSPS) is 24.9. The van der Waals surface area contributed by atoms with E-state index in [0.717, 1.165) is 13.0 Å². The van der Waals surface area contributed by atoms with E-state index >= 15 is 0 Å². The smallest absolute Gasteiger partial charge is 0.0576 e. The van der Waals surface area contributed by atoms with E-state index in [1.807, 2.05) is 0 Å². The molecule has 1 rings (SSSR count). The van der Waals surface area contributed by atoms with Gasteiger partial charge in [-0.2, -0.15) is 0 Å². The molecule has 1 aliphatic heterocycles. The van der Waals surface area contributed by atoms with Gasteiger partial charge in [0.1, 0.15) is 0 Å². The highest BCUT2D eigenvalue weighted by atomic mass is 16.5. The average molecular weight is 185 g/mol. The molecular weight excluding hydrogens is 162 g/mol. The van der Waals surface area contributed by atoms with Crippen molar-refractivity contribution in [3.8, 4) is 0 Å². The Balaban J connectivity index is 1.88. The summed E-state index contributed by atoms with van der Waals surface area (Å²) in [5.74, 6) is 0. The zero-order valence-electron chi connectivity index (χ0n) is 8.80. The van der Waals surface area contributed by atoms with Gasteiger partial charge in [-0.1, -0.05) is 19.8 Å². The van der Waals surface area contributed by atoms with Crippen molar-refractivity contribution in [1.82, 2.24) is 0 Å². The van der Waals surface area contributed by atoms with Crippen molar-refractivity contribution < 1.29 is 4.74 Å². The first-order valence-electron chi connectivity index (χ1n) is 5.70. The Kier molecular flexibility index (Phi) is 5.40. The van der Waals surface area contributed by atoms with E-state index in [-0.39, 0.29) is 0 Å². The molecule has 1 heterocycles. The van der Waals surface area contributed by atoms with Gasteiger partial charge in [0, 0.05) is 12.6 Å². The van der Waals surface area contributed by atoms with E-state index in [1.54, 1.807) is 0 Å². The van der Waals surface area contributed by atoms with Crippen LogP contribution in [-0.2, 0) is 4.74 Å². The summed E-state index contributed by atoms with van der Waals surface area (Å²) in [6, 6.07) is 0.421. The lowest BCUT2D eigenvalue weighted by Crippen LogP contribution is -2.18. The predicted molar refractivity (Wildman–Crippen MR) is 55.7 cm³/mol. The van der Waals surface area contributed by atoms with Gasteiger partial charge in [-0.25, -0.2) is 0 Å². The lowest BCUT2D eigenvalue weighted by Gasteiger charge is -2.10. The second kappa shape index (κ2) is 6.39. The van der Waals surface area contributed by atoms with Gasteiger partial charge in [0.2, 0.25) is 0 Å². The minimum absolute atomic E-state index is 0.421. The highest BCUT2D eigenvalue weighted by molar-refractivity contribution is 4.65. The van der Waals surface area contributed by atoms with Gasteiger partial charge in [0.05, 0.1) is 6.10 Å². The first-order chi connectivity index (χ1) is 6.33. The number of nitrogens with two attached hydrogens (primary N) is 1. The molecule has 0 aromatic rings. The maximum Gasteiger partial charge on any atom is 0.0576 e. The number of unbranched alkanes of at least 4 members (excludes halogenated alkanes) is 1. The zero-order valence-corrected chi connectivity index (χ0v) is 8.80. The predicted octanol–water partition coefficient (Wildman–Crippen LogP) is 2.46. The molecule has 1 fully saturated rings. The van der Waals surface area contributed by atoms with Crippen LogP contribution in [0, 0.1) is 0 Å². The topological polar surface area (TPSA) is 35.2 Å². The minimum Gasteiger partial charge on any atom is -0.378 e. The maximum atomic E-state index is 5.84. The Hall–Kier alpha value is -0.0800. The molecule has 2 unspecified atom stereocenters. The molecule has 0 radical (unpaired) electrons. The molecule has 0 aliphatic carbocycles. The van der Waals surface area contributed by atoms with Gasteiger partial charge in [-0.3, -0.25) is 0 Å². The molecule has 2 heteroatoms. The molecule has 1 aliphatic rings. The Labute approximate surface area is 81.8 Å². The summed E-state index contributed by atoms with van der Waals surface area (Å²) in [6.45, 7) is 3.14. The summed E-state index contributed by atoms with van der Waals surface area (Å²) in [6.07, 6.45) is 9.21. The van der Waals surface area contributed by atoms with Crippen molar-refractivity contribution in [2.45, 2.75) is 64.0 Å². The average Bonchev–Trinajstić information content (AvgIpc) is 2.64. The van der Waals surface area contributed by atoms with Gasteiger partial charge >= 0.3 is 0 Å². The molecule has 2 atom stereocenters. The van der Waals surface area contributed by atoms with E-state index in [1.165, 1.54) is 38.5 Å². The largest absolute Gasteiger partial charge is 0.378 e. The first-order valence-corrected chi connectivity index (χ1v) is 5.70. The Morgan fingerprint density at radius 3 is 2.92 bits per heavy atom. The van der Waals surface area contributed by atoms with Crippen molar-refractivity contribution in [2.24, 2.45) is 5.73 Å². The summed E-state index contributed by atoms with van der Waals surface area (Å²) >= 11 is 0. The summed E-state index contributed by atoms with van der Waals surface area (Å²) in [5.41, 5.74) is 5.84. The molecular formula is C11H23NO. The van der Waals surface area contributed by atoms with Crippen molar-refractivity contribution >= 4 is 0 Å². The highest BCUT2D eigenvalue weighted by Crippen LogP contribution is 2.18. The molecule has 2 nitrogen and oxygen atoms in total. The number of ether oxygens (including phenoxy) is 1. The Morgan fingerprint density at radius 2 is 2.31 bits per heavy atom. The maximum absolute atomic E-state index is 5.84. The van der Waals surface area contributed by atoms with Crippen LogP contribution in [0.25, 0.3) is 0 Å².